The van der Waals surface area contributed by atoms with Crippen LogP contribution >= 0.6 is 15.9 Å². The Balaban J connectivity index is 1.74. The molecule has 1 heteroatoms. The molecule has 0 aromatic heterocycles. The minimum absolute atomic E-state index is 0.774. The fourth-order valence-electron chi connectivity index (χ4n) is 3.51. The highest BCUT2D eigenvalue weighted by Gasteiger charge is 2.27. The molecule has 0 nitrogen and oxygen atoms in total. The second-order valence-electron chi connectivity index (χ2n) is 6.12. The molecule has 0 aliphatic heterocycles. The van der Waals surface area contributed by atoms with Crippen molar-refractivity contribution >= 4 is 15.9 Å². The Labute approximate surface area is 127 Å². The third-order valence-electron chi connectivity index (χ3n) is 4.58. The highest BCUT2D eigenvalue weighted by Crippen LogP contribution is 2.38. The zero-order valence-corrected chi connectivity index (χ0v) is 13.7. The summed E-state index contributed by atoms with van der Waals surface area (Å²) >= 11 is 3.92. The number of halogens is 1. The van der Waals surface area contributed by atoms with Crippen LogP contribution < -0.4 is 0 Å². The van der Waals surface area contributed by atoms with Gasteiger partial charge in [-0.15, -0.1) is 0 Å². The molecule has 0 heterocycles. The lowest BCUT2D eigenvalue weighted by atomic mass is 9.77. The van der Waals surface area contributed by atoms with Crippen LogP contribution in [0.4, 0.5) is 0 Å². The van der Waals surface area contributed by atoms with Crippen LogP contribution in [0.2, 0.25) is 0 Å². The zero-order valence-electron chi connectivity index (χ0n) is 12.2. The first kappa shape index (κ1) is 15.1. The van der Waals surface area contributed by atoms with Crippen LogP contribution in [0, 0.1) is 11.8 Å². The lowest BCUT2D eigenvalue weighted by Crippen LogP contribution is -2.25. The highest BCUT2D eigenvalue weighted by atomic mass is 79.9. The lowest BCUT2D eigenvalue weighted by molar-refractivity contribution is 0.250. The van der Waals surface area contributed by atoms with E-state index in [0.29, 0.717) is 0 Å². The molecule has 0 spiro atoms. The summed E-state index contributed by atoms with van der Waals surface area (Å²) in [5.41, 5.74) is 1.49. The Bertz CT molecular complexity index is 346. The average Bonchev–Trinajstić information content (AvgIpc) is 2.44. The molecular weight excluding hydrogens is 296 g/mol. The van der Waals surface area contributed by atoms with Crippen LogP contribution in [0.5, 0.6) is 0 Å². The monoisotopic (exact) mass is 322 g/mol. The second-order valence-corrected chi connectivity index (χ2v) is 7.30. The van der Waals surface area contributed by atoms with E-state index in [1.807, 2.05) is 0 Å². The fraction of sp³-hybridized carbons (Fsp3) is 0.667. The predicted octanol–water partition coefficient (Wildman–Crippen LogP) is 5.99. The first-order valence-corrected chi connectivity index (χ1v) is 8.89. The molecule has 0 bridgehead atoms. The summed E-state index contributed by atoms with van der Waals surface area (Å²) in [5.74, 6) is 1.91. The molecule has 1 aliphatic carbocycles. The van der Waals surface area contributed by atoms with Crippen molar-refractivity contribution in [2.45, 2.75) is 63.1 Å². The summed E-state index contributed by atoms with van der Waals surface area (Å²) in [6.07, 6.45) is 11.1. The van der Waals surface area contributed by atoms with Gasteiger partial charge in [0.1, 0.15) is 0 Å². The van der Waals surface area contributed by atoms with E-state index in [1.54, 1.807) is 0 Å². The molecular formula is C18H27Br. The SMILES string of the molecule is CCCC1CCC(Br)C(CCCc2ccccc2)C1. The van der Waals surface area contributed by atoms with Crippen molar-refractivity contribution in [2.75, 3.05) is 0 Å². The van der Waals surface area contributed by atoms with Crippen molar-refractivity contribution in [3.8, 4) is 0 Å². The van der Waals surface area contributed by atoms with E-state index < -0.39 is 0 Å². The number of aryl methyl sites for hydroxylation is 1. The van der Waals surface area contributed by atoms with Gasteiger partial charge in [0.2, 0.25) is 0 Å². The molecule has 3 atom stereocenters. The molecule has 3 unspecified atom stereocenters. The molecule has 0 amide bonds. The van der Waals surface area contributed by atoms with Crippen LogP contribution in [-0.2, 0) is 6.42 Å². The van der Waals surface area contributed by atoms with Crippen LogP contribution in [0.3, 0.4) is 0 Å². The van der Waals surface area contributed by atoms with Gasteiger partial charge in [-0.05, 0) is 55.9 Å². The molecule has 106 valence electrons. The number of hydrogen-bond donors (Lipinski definition) is 0. The highest BCUT2D eigenvalue weighted by molar-refractivity contribution is 9.09. The predicted molar refractivity (Wildman–Crippen MR) is 87.8 cm³/mol. The maximum atomic E-state index is 3.92. The van der Waals surface area contributed by atoms with E-state index in [0.717, 1.165) is 16.7 Å². The minimum atomic E-state index is 0.774. The molecule has 2 rings (SSSR count). The summed E-state index contributed by atoms with van der Waals surface area (Å²) in [6, 6.07) is 10.9. The maximum absolute atomic E-state index is 3.92. The van der Waals surface area contributed by atoms with Crippen molar-refractivity contribution in [3.05, 3.63) is 35.9 Å². The van der Waals surface area contributed by atoms with E-state index in [1.165, 1.54) is 56.9 Å². The summed E-state index contributed by atoms with van der Waals surface area (Å²) in [4.78, 5) is 0.774. The molecule has 1 aromatic rings. The van der Waals surface area contributed by atoms with Crippen molar-refractivity contribution < 1.29 is 0 Å². The molecule has 0 radical (unpaired) electrons. The average molecular weight is 323 g/mol. The number of hydrogen-bond acceptors (Lipinski definition) is 0. The maximum Gasteiger partial charge on any atom is 0.0174 e. The number of rotatable bonds is 6. The standard InChI is InChI=1S/C18H27Br/c1-2-7-16-12-13-18(19)17(14-16)11-6-10-15-8-4-3-5-9-15/h3-5,8-9,16-18H,2,6-7,10-14H2,1H3. The van der Waals surface area contributed by atoms with Crippen LogP contribution in [0.15, 0.2) is 30.3 Å². The van der Waals surface area contributed by atoms with Crippen LogP contribution in [0.1, 0.15) is 57.4 Å². The third-order valence-corrected chi connectivity index (χ3v) is 5.78. The Kier molecular flexibility index (Phi) is 6.43. The second kappa shape index (κ2) is 8.09. The van der Waals surface area contributed by atoms with Gasteiger partial charge in [0, 0.05) is 4.83 Å². The van der Waals surface area contributed by atoms with Gasteiger partial charge in [0.25, 0.3) is 0 Å². The van der Waals surface area contributed by atoms with Crippen LogP contribution in [0.25, 0.3) is 0 Å². The van der Waals surface area contributed by atoms with Gasteiger partial charge >= 0.3 is 0 Å². The number of benzene rings is 1. The number of alkyl halides is 1. The first-order valence-electron chi connectivity index (χ1n) is 7.97. The quantitative estimate of drug-likeness (QED) is 0.564. The van der Waals surface area contributed by atoms with Crippen molar-refractivity contribution in [3.63, 3.8) is 0 Å². The van der Waals surface area contributed by atoms with Crippen molar-refractivity contribution in [2.24, 2.45) is 11.8 Å². The molecule has 1 aromatic carbocycles. The van der Waals surface area contributed by atoms with Gasteiger partial charge in [0.15, 0.2) is 0 Å². The summed E-state index contributed by atoms with van der Waals surface area (Å²) in [5, 5.41) is 0. The van der Waals surface area contributed by atoms with Gasteiger partial charge in [-0.2, -0.15) is 0 Å². The minimum Gasteiger partial charge on any atom is -0.0888 e. The van der Waals surface area contributed by atoms with E-state index in [2.05, 4.69) is 53.2 Å². The van der Waals surface area contributed by atoms with Gasteiger partial charge in [-0.1, -0.05) is 66.0 Å². The molecule has 19 heavy (non-hydrogen) atoms. The first-order chi connectivity index (χ1) is 9.29. The molecule has 0 N–H and O–H groups in total. The fourth-order valence-corrected chi connectivity index (χ4v) is 4.25. The van der Waals surface area contributed by atoms with E-state index in [9.17, 15) is 0 Å². The van der Waals surface area contributed by atoms with Gasteiger partial charge in [0.05, 0.1) is 0 Å². The molecule has 1 aliphatic rings. The Morgan fingerprint density at radius 1 is 1.11 bits per heavy atom. The Morgan fingerprint density at radius 2 is 1.89 bits per heavy atom. The smallest absolute Gasteiger partial charge is 0.0174 e. The summed E-state index contributed by atoms with van der Waals surface area (Å²) in [7, 11) is 0. The Hall–Kier alpha value is -0.300. The summed E-state index contributed by atoms with van der Waals surface area (Å²) < 4.78 is 0. The molecule has 0 saturated heterocycles. The van der Waals surface area contributed by atoms with Crippen molar-refractivity contribution in [1.29, 1.82) is 0 Å². The third kappa shape index (κ3) is 4.95. The summed E-state index contributed by atoms with van der Waals surface area (Å²) in [6.45, 7) is 2.32. The van der Waals surface area contributed by atoms with E-state index >= 15 is 0 Å². The van der Waals surface area contributed by atoms with E-state index in [4.69, 9.17) is 0 Å². The normalized spacial score (nSPS) is 27.4. The lowest BCUT2D eigenvalue weighted by Gasteiger charge is -2.33. The van der Waals surface area contributed by atoms with Crippen molar-refractivity contribution in [1.82, 2.24) is 0 Å². The van der Waals surface area contributed by atoms with E-state index in [-0.39, 0.29) is 0 Å². The molecule has 1 fully saturated rings. The van der Waals surface area contributed by atoms with Gasteiger partial charge < -0.3 is 0 Å². The topological polar surface area (TPSA) is 0 Å². The molecule has 1 saturated carbocycles. The Morgan fingerprint density at radius 3 is 2.63 bits per heavy atom. The van der Waals surface area contributed by atoms with Gasteiger partial charge in [-0.3, -0.25) is 0 Å². The van der Waals surface area contributed by atoms with Gasteiger partial charge in [-0.25, -0.2) is 0 Å². The van der Waals surface area contributed by atoms with Crippen LogP contribution in [-0.4, -0.2) is 4.83 Å². The largest absolute Gasteiger partial charge is 0.0888 e. The zero-order chi connectivity index (χ0) is 13.5.